The second kappa shape index (κ2) is 9.34. The van der Waals surface area contributed by atoms with E-state index in [1.165, 1.54) is 0 Å². The predicted octanol–water partition coefficient (Wildman–Crippen LogP) is 6.62. The summed E-state index contributed by atoms with van der Waals surface area (Å²) in [6, 6.07) is 19.2. The third-order valence-electron chi connectivity index (χ3n) is 5.71. The van der Waals surface area contributed by atoms with Crippen molar-refractivity contribution in [3.05, 3.63) is 84.8 Å². The molecule has 7 nitrogen and oxygen atoms in total. The van der Waals surface area contributed by atoms with Crippen LogP contribution in [0.15, 0.2) is 79.3 Å². The summed E-state index contributed by atoms with van der Waals surface area (Å²) in [7, 11) is 1.60. The number of aromatic nitrogens is 3. The van der Waals surface area contributed by atoms with Crippen LogP contribution in [0.4, 0.5) is 4.79 Å². The van der Waals surface area contributed by atoms with Crippen molar-refractivity contribution in [1.29, 1.82) is 0 Å². The molecule has 0 bridgehead atoms. The molecular formula is C29H27N3O4. The Labute approximate surface area is 209 Å². The van der Waals surface area contributed by atoms with E-state index in [-0.39, 0.29) is 0 Å². The Balaban J connectivity index is 1.75. The summed E-state index contributed by atoms with van der Waals surface area (Å²) in [6.45, 7) is 5.90. The SMILES string of the molecule is COc1cc2c3c(-c4cccnc4)nccc3n(C(=O)OC(C)(C)C)c2cc1OCc1ccccc1. The van der Waals surface area contributed by atoms with Crippen LogP contribution in [0.1, 0.15) is 26.3 Å². The van der Waals surface area contributed by atoms with Gasteiger partial charge in [0.15, 0.2) is 11.5 Å². The first-order valence-electron chi connectivity index (χ1n) is 11.7. The quantitative estimate of drug-likeness (QED) is 0.281. The number of carbonyl (C=O) groups is 1. The first-order valence-corrected chi connectivity index (χ1v) is 11.7. The molecule has 0 aliphatic heterocycles. The first-order chi connectivity index (χ1) is 17.4. The predicted molar refractivity (Wildman–Crippen MR) is 139 cm³/mol. The highest BCUT2D eigenvalue weighted by molar-refractivity contribution is 6.17. The van der Waals surface area contributed by atoms with Gasteiger partial charge in [-0.2, -0.15) is 0 Å². The fourth-order valence-corrected chi connectivity index (χ4v) is 4.20. The number of methoxy groups -OCH3 is 1. The Hall–Kier alpha value is -4.39. The molecule has 2 aromatic carbocycles. The van der Waals surface area contributed by atoms with Gasteiger partial charge in [0.2, 0.25) is 0 Å². The van der Waals surface area contributed by atoms with E-state index in [1.54, 1.807) is 30.3 Å². The lowest BCUT2D eigenvalue weighted by atomic mass is 10.1. The van der Waals surface area contributed by atoms with Gasteiger partial charge in [-0.1, -0.05) is 30.3 Å². The topological polar surface area (TPSA) is 75.5 Å². The van der Waals surface area contributed by atoms with E-state index in [9.17, 15) is 4.79 Å². The van der Waals surface area contributed by atoms with E-state index in [0.717, 1.165) is 21.9 Å². The van der Waals surface area contributed by atoms with Gasteiger partial charge in [-0.05, 0) is 50.6 Å². The molecule has 0 unspecified atom stereocenters. The molecule has 0 radical (unpaired) electrons. The minimum Gasteiger partial charge on any atom is -0.493 e. The van der Waals surface area contributed by atoms with E-state index in [2.05, 4.69) is 9.97 Å². The molecule has 7 heteroatoms. The molecule has 36 heavy (non-hydrogen) atoms. The van der Waals surface area contributed by atoms with Crippen molar-refractivity contribution in [1.82, 2.24) is 14.5 Å². The Kier molecular flexibility index (Phi) is 6.06. The summed E-state index contributed by atoms with van der Waals surface area (Å²) in [5, 5.41) is 1.60. The van der Waals surface area contributed by atoms with Gasteiger partial charge in [0.05, 0.1) is 23.8 Å². The summed E-state index contributed by atoms with van der Waals surface area (Å²) in [4.78, 5) is 22.4. The summed E-state index contributed by atoms with van der Waals surface area (Å²) in [5.74, 6) is 1.08. The van der Waals surface area contributed by atoms with Crippen molar-refractivity contribution < 1.29 is 19.0 Å². The summed E-state index contributed by atoms with van der Waals surface area (Å²) < 4.78 is 19.2. The van der Waals surface area contributed by atoms with Crippen molar-refractivity contribution >= 4 is 27.9 Å². The zero-order valence-corrected chi connectivity index (χ0v) is 20.7. The molecule has 3 aromatic heterocycles. The van der Waals surface area contributed by atoms with Crippen molar-refractivity contribution in [3.8, 4) is 22.8 Å². The number of pyridine rings is 2. The van der Waals surface area contributed by atoms with Crippen LogP contribution >= 0.6 is 0 Å². The first kappa shape index (κ1) is 23.4. The third-order valence-corrected chi connectivity index (χ3v) is 5.71. The maximum Gasteiger partial charge on any atom is 0.419 e. The second-order valence-electron chi connectivity index (χ2n) is 9.41. The van der Waals surface area contributed by atoms with Crippen LogP contribution in [-0.4, -0.2) is 33.3 Å². The minimum absolute atomic E-state index is 0.359. The van der Waals surface area contributed by atoms with E-state index in [1.807, 2.05) is 81.4 Å². The maximum absolute atomic E-state index is 13.5. The van der Waals surface area contributed by atoms with E-state index in [4.69, 9.17) is 14.2 Å². The van der Waals surface area contributed by atoms with Crippen molar-refractivity contribution in [2.24, 2.45) is 0 Å². The number of benzene rings is 2. The van der Waals surface area contributed by atoms with Crippen LogP contribution in [-0.2, 0) is 11.3 Å². The van der Waals surface area contributed by atoms with E-state index in [0.29, 0.717) is 34.8 Å². The lowest BCUT2D eigenvalue weighted by Gasteiger charge is -2.20. The molecule has 0 fully saturated rings. The minimum atomic E-state index is -0.668. The molecule has 0 spiro atoms. The summed E-state index contributed by atoms with van der Waals surface area (Å²) in [6.07, 6.45) is 4.68. The molecule has 5 rings (SSSR count). The summed E-state index contributed by atoms with van der Waals surface area (Å²) in [5.41, 5.74) is 3.23. The number of hydrogen-bond acceptors (Lipinski definition) is 6. The number of hydrogen-bond donors (Lipinski definition) is 0. The van der Waals surface area contributed by atoms with Crippen molar-refractivity contribution in [3.63, 3.8) is 0 Å². The smallest absolute Gasteiger partial charge is 0.419 e. The lowest BCUT2D eigenvalue weighted by Crippen LogP contribution is -2.27. The van der Waals surface area contributed by atoms with Crippen LogP contribution in [0, 0.1) is 0 Å². The molecule has 0 aliphatic carbocycles. The molecule has 0 N–H and O–H groups in total. The highest BCUT2D eigenvalue weighted by Gasteiger charge is 2.26. The van der Waals surface area contributed by atoms with E-state index < -0.39 is 11.7 Å². The standard InChI is InChI=1S/C29H27N3O4/c1-29(2,3)36-28(33)32-22-12-14-31-27(20-11-8-13-30-17-20)26(22)21-15-24(34-4)25(16-23(21)32)35-18-19-9-6-5-7-10-19/h5-17H,18H2,1-4H3. The van der Waals surface area contributed by atoms with Crippen LogP contribution in [0.3, 0.4) is 0 Å². The van der Waals surface area contributed by atoms with Crippen LogP contribution in [0.5, 0.6) is 11.5 Å². The van der Waals surface area contributed by atoms with Crippen LogP contribution in [0.2, 0.25) is 0 Å². The van der Waals surface area contributed by atoms with Crippen LogP contribution in [0.25, 0.3) is 33.1 Å². The Morgan fingerprint density at radius 1 is 0.944 bits per heavy atom. The fraction of sp³-hybridized carbons (Fsp3) is 0.207. The zero-order valence-electron chi connectivity index (χ0n) is 20.7. The van der Waals surface area contributed by atoms with Gasteiger partial charge >= 0.3 is 6.09 Å². The Bertz CT molecular complexity index is 1540. The van der Waals surface area contributed by atoms with Gasteiger partial charge in [0, 0.05) is 41.0 Å². The maximum atomic E-state index is 13.5. The monoisotopic (exact) mass is 481 g/mol. The average molecular weight is 482 g/mol. The average Bonchev–Trinajstić information content (AvgIpc) is 3.20. The normalized spacial score (nSPS) is 11.6. The number of carbonyl (C=O) groups excluding carboxylic acids is 1. The Morgan fingerprint density at radius 3 is 2.44 bits per heavy atom. The van der Waals surface area contributed by atoms with Gasteiger partial charge in [-0.25, -0.2) is 9.36 Å². The Morgan fingerprint density at radius 2 is 1.75 bits per heavy atom. The van der Waals surface area contributed by atoms with Gasteiger partial charge in [0.1, 0.15) is 12.2 Å². The number of nitrogens with zero attached hydrogens (tertiary/aromatic N) is 3. The van der Waals surface area contributed by atoms with Crippen molar-refractivity contribution in [2.75, 3.05) is 7.11 Å². The highest BCUT2D eigenvalue weighted by atomic mass is 16.6. The molecule has 0 saturated carbocycles. The molecule has 0 atom stereocenters. The van der Waals surface area contributed by atoms with Gasteiger partial charge in [-0.15, -0.1) is 0 Å². The second-order valence-corrected chi connectivity index (χ2v) is 9.41. The summed E-state index contributed by atoms with van der Waals surface area (Å²) >= 11 is 0. The molecule has 5 aromatic rings. The molecular weight excluding hydrogens is 454 g/mol. The highest BCUT2D eigenvalue weighted by Crippen LogP contribution is 2.41. The molecule has 182 valence electrons. The van der Waals surface area contributed by atoms with Gasteiger partial charge < -0.3 is 14.2 Å². The van der Waals surface area contributed by atoms with Crippen molar-refractivity contribution in [2.45, 2.75) is 33.0 Å². The lowest BCUT2D eigenvalue weighted by molar-refractivity contribution is 0.0551. The van der Waals surface area contributed by atoms with Gasteiger partial charge in [0.25, 0.3) is 0 Å². The molecule has 0 aliphatic rings. The van der Waals surface area contributed by atoms with Gasteiger partial charge in [-0.3, -0.25) is 9.97 Å². The number of fused-ring (bicyclic) bond motifs is 3. The largest absolute Gasteiger partial charge is 0.493 e. The van der Waals surface area contributed by atoms with Crippen LogP contribution < -0.4 is 9.47 Å². The molecule has 0 amide bonds. The number of ether oxygens (including phenoxy) is 3. The van der Waals surface area contributed by atoms with E-state index >= 15 is 0 Å². The molecule has 3 heterocycles. The number of rotatable bonds is 5. The zero-order chi connectivity index (χ0) is 25.3. The third kappa shape index (κ3) is 4.47. The molecule has 0 saturated heterocycles. The fourth-order valence-electron chi connectivity index (χ4n) is 4.20.